The van der Waals surface area contributed by atoms with Crippen LogP contribution in [-0.4, -0.2) is 51.8 Å². The zero-order valence-electron chi connectivity index (χ0n) is 15.4. The van der Waals surface area contributed by atoms with Gasteiger partial charge in [0.2, 0.25) is 0 Å². The summed E-state index contributed by atoms with van der Waals surface area (Å²) in [5.41, 5.74) is 7.14. The van der Waals surface area contributed by atoms with Gasteiger partial charge in [0.15, 0.2) is 5.96 Å². The standard InChI is InChI=1S/C18H29N3O3.HI/c1-22-14-12-16(23-2)15(17(13-14)24-3)8-9-20-18(19)21-10-6-4-5-7-11-21;/h12-13H,4-11H2,1-3H3,(H2,19,20);1H. The van der Waals surface area contributed by atoms with E-state index in [1.807, 2.05) is 12.1 Å². The van der Waals surface area contributed by atoms with Gasteiger partial charge in [0, 0.05) is 37.3 Å². The van der Waals surface area contributed by atoms with Gasteiger partial charge in [-0.2, -0.15) is 0 Å². The van der Waals surface area contributed by atoms with E-state index in [1.165, 1.54) is 25.7 Å². The van der Waals surface area contributed by atoms with E-state index in [1.54, 1.807) is 21.3 Å². The molecule has 6 nitrogen and oxygen atoms in total. The maximum Gasteiger partial charge on any atom is 0.191 e. The van der Waals surface area contributed by atoms with E-state index in [0.717, 1.165) is 30.2 Å². The van der Waals surface area contributed by atoms with Crippen LogP contribution in [0.15, 0.2) is 17.1 Å². The number of nitrogens with two attached hydrogens (primary N) is 1. The molecular weight excluding hydrogens is 433 g/mol. The summed E-state index contributed by atoms with van der Waals surface area (Å²) in [4.78, 5) is 6.75. The number of hydrogen-bond donors (Lipinski definition) is 1. The molecule has 1 aromatic rings. The molecule has 2 rings (SSSR count). The number of ether oxygens (including phenoxy) is 3. The Kier molecular flexibility index (Phi) is 9.77. The van der Waals surface area contributed by atoms with Crippen LogP contribution < -0.4 is 19.9 Å². The maximum atomic E-state index is 6.16. The molecule has 0 spiro atoms. The summed E-state index contributed by atoms with van der Waals surface area (Å²) in [7, 11) is 4.92. The minimum Gasteiger partial charge on any atom is -0.496 e. The first-order valence-corrected chi connectivity index (χ1v) is 8.53. The lowest BCUT2D eigenvalue weighted by Crippen LogP contribution is -2.38. The molecule has 0 radical (unpaired) electrons. The number of benzene rings is 1. The van der Waals surface area contributed by atoms with E-state index < -0.39 is 0 Å². The molecule has 25 heavy (non-hydrogen) atoms. The van der Waals surface area contributed by atoms with Crippen LogP contribution in [0.5, 0.6) is 17.2 Å². The molecule has 1 saturated heterocycles. The van der Waals surface area contributed by atoms with Crippen LogP contribution in [0.3, 0.4) is 0 Å². The molecule has 0 bridgehead atoms. The fraction of sp³-hybridized carbons (Fsp3) is 0.611. The summed E-state index contributed by atoms with van der Waals surface area (Å²) in [6.07, 6.45) is 5.64. The molecule has 2 N–H and O–H groups in total. The quantitative estimate of drug-likeness (QED) is 0.399. The van der Waals surface area contributed by atoms with Crippen molar-refractivity contribution in [1.29, 1.82) is 0 Å². The van der Waals surface area contributed by atoms with Crippen LogP contribution in [0, 0.1) is 0 Å². The number of likely N-dealkylation sites (tertiary alicyclic amines) is 1. The third-order valence-corrected chi connectivity index (χ3v) is 4.38. The van der Waals surface area contributed by atoms with Crippen LogP contribution in [-0.2, 0) is 6.42 Å². The molecule has 7 heteroatoms. The van der Waals surface area contributed by atoms with Crippen molar-refractivity contribution in [2.75, 3.05) is 41.0 Å². The Morgan fingerprint density at radius 2 is 1.56 bits per heavy atom. The van der Waals surface area contributed by atoms with Crippen LogP contribution in [0.25, 0.3) is 0 Å². The highest BCUT2D eigenvalue weighted by Crippen LogP contribution is 2.34. The average Bonchev–Trinajstić information content (AvgIpc) is 2.90. The van der Waals surface area contributed by atoms with Gasteiger partial charge < -0.3 is 24.8 Å². The van der Waals surface area contributed by atoms with Gasteiger partial charge in [-0.05, 0) is 19.3 Å². The van der Waals surface area contributed by atoms with E-state index in [2.05, 4.69) is 9.89 Å². The molecule has 0 unspecified atom stereocenters. The molecule has 0 amide bonds. The summed E-state index contributed by atoms with van der Waals surface area (Å²) in [5.74, 6) is 2.84. The molecule has 1 aliphatic heterocycles. The van der Waals surface area contributed by atoms with Crippen molar-refractivity contribution in [2.24, 2.45) is 10.7 Å². The highest BCUT2D eigenvalue weighted by molar-refractivity contribution is 14.0. The van der Waals surface area contributed by atoms with E-state index in [-0.39, 0.29) is 24.0 Å². The van der Waals surface area contributed by atoms with Crippen molar-refractivity contribution >= 4 is 29.9 Å². The number of methoxy groups -OCH3 is 3. The van der Waals surface area contributed by atoms with Crippen LogP contribution >= 0.6 is 24.0 Å². The Morgan fingerprint density at radius 1 is 1.00 bits per heavy atom. The molecular formula is C18H30IN3O3. The van der Waals surface area contributed by atoms with Gasteiger partial charge in [-0.25, -0.2) is 0 Å². The number of nitrogens with zero attached hydrogens (tertiary/aromatic N) is 2. The van der Waals surface area contributed by atoms with Gasteiger partial charge >= 0.3 is 0 Å². The smallest absolute Gasteiger partial charge is 0.191 e. The predicted molar refractivity (Wildman–Crippen MR) is 112 cm³/mol. The fourth-order valence-electron chi connectivity index (χ4n) is 3.01. The second kappa shape index (κ2) is 11.3. The van der Waals surface area contributed by atoms with E-state index in [0.29, 0.717) is 24.7 Å². The lowest BCUT2D eigenvalue weighted by molar-refractivity contribution is 0.369. The minimum absolute atomic E-state index is 0. The van der Waals surface area contributed by atoms with Crippen LogP contribution in [0.4, 0.5) is 0 Å². The third kappa shape index (κ3) is 6.13. The first-order valence-electron chi connectivity index (χ1n) is 8.53. The van der Waals surface area contributed by atoms with Crippen molar-refractivity contribution in [3.05, 3.63) is 17.7 Å². The van der Waals surface area contributed by atoms with E-state index in [4.69, 9.17) is 19.9 Å². The topological polar surface area (TPSA) is 69.3 Å². The van der Waals surface area contributed by atoms with Gasteiger partial charge in [-0.15, -0.1) is 24.0 Å². The van der Waals surface area contributed by atoms with Crippen molar-refractivity contribution in [1.82, 2.24) is 4.90 Å². The van der Waals surface area contributed by atoms with Crippen molar-refractivity contribution in [3.63, 3.8) is 0 Å². The highest BCUT2D eigenvalue weighted by Gasteiger charge is 2.14. The van der Waals surface area contributed by atoms with Crippen LogP contribution in [0.1, 0.15) is 31.2 Å². The van der Waals surface area contributed by atoms with E-state index >= 15 is 0 Å². The average molecular weight is 463 g/mol. The Labute approximate surface area is 167 Å². The molecule has 0 saturated carbocycles. The zero-order valence-corrected chi connectivity index (χ0v) is 17.7. The third-order valence-electron chi connectivity index (χ3n) is 4.38. The Balaban J connectivity index is 0.00000312. The molecule has 142 valence electrons. The molecule has 1 aliphatic rings. The summed E-state index contributed by atoms with van der Waals surface area (Å²) >= 11 is 0. The second-order valence-corrected chi connectivity index (χ2v) is 5.90. The molecule has 1 heterocycles. The Hall–Kier alpha value is -1.38. The molecule has 0 aliphatic carbocycles. The SMILES string of the molecule is COc1cc(OC)c(CCN=C(N)N2CCCCCC2)c(OC)c1.I. The second-order valence-electron chi connectivity index (χ2n) is 5.90. The number of halogens is 1. The van der Waals surface area contributed by atoms with Crippen molar-refractivity contribution < 1.29 is 14.2 Å². The summed E-state index contributed by atoms with van der Waals surface area (Å²) in [6, 6.07) is 3.72. The lowest BCUT2D eigenvalue weighted by Gasteiger charge is -2.21. The summed E-state index contributed by atoms with van der Waals surface area (Å²) in [6.45, 7) is 2.61. The highest BCUT2D eigenvalue weighted by atomic mass is 127. The first-order chi connectivity index (χ1) is 11.7. The van der Waals surface area contributed by atoms with E-state index in [9.17, 15) is 0 Å². The van der Waals surface area contributed by atoms with Crippen molar-refractivity contribution in [2.45, 2.75) is 32.1 Å². The summed E-state index contributed by atoms with van der Waals surface area (Å²) in [5, 5.41) is 0. The summed E-state index contributed by atoms with van der Waals surface area (Å²) < 4.78 is 16.2. The predicted octanol–water partition coefficient (Wildman–Crippen LogP) is 3.06. The molecule has 1 aromatic carbocycles. The number of hydrogen-bond acceptors (Lipinski definition) is 4. The van der Waals surface area contributed by atoms with Gasteiger partial charge in [0.25, 0.3) is 0 Å². The molecule has 0 atom stereocenters. The number of rotatable bonds is 6. The van der Waals surface area contributed by atoms with Gasteiger partial charge in [0.1, 0.15) is 17.2 Å². The van der Waals surface area contributed by atoms with Crippen LogP contribution in [0.2, 0.25) is 0 Å². The van der Waals surface area contributed by atoms with Crippen molar-refractivity contribution in [3.8, 4) is 17.2 Å². The van der Waals surface area contributed by atoms with Gasteiger partial charge in [-0.3, -0.25) is 4.99 Å². The monoisotopic (exact) mass is 463 g/mol. The lowest BCUT2D eigenvalue weighted by atomic mass is 10.1. The Morgan fingerprint density at radius 3 is 2.04 bits per heavy atom. The van der Waals surface area contributed by atoms with Gasteiger partial charge in [-0.1, -0.05) is 12.8 Å². The Bertz CT molecular complexity index is 533. The maximum absolute atomic E-state index is 6.16. The first kappa shape index (κ1) is 21.7. The minimum atomic E-state index is 0. The number of guanidine groups is 1. The number of aliphatic imine (C=N–C) groups is 1. The van der Waals surface area contributed by atoms with Gasteiger partial charge in [0.05, 0.1) is 21.3 Å². The normalized spacial score (nSPS) is 15.2. The zero-order chi connectivity index (χ0) is 17.4. The fourth-order valence-corrected chi connectivity index (χ4v) is 3.01. The molecule has 0 aromatic heterocycles. The largest absolute Gasteiger partial charge is 0.496 e. The molecule has 1 fully saturated rings.